The Hall–Kier alpha value is -2.94. The van der Waals surface area contributed by atoms with Crippen molar-refractivity contribution in [2.24, 2.45) is 4.99 Å². The zero-order chi connectivity index (χ0) is 22.2. The van der Waals surface area contributed by atoms with Crippen LogP contribution < -0.4 is 25.4 Å². The van der Waals surface area contributed by atoms with Gasteiger partial charge in [0.15, 0.2) is 5.11 Å². The predicted octanol–water partition coefficient (Wildman–Crippen LogP) is 4.20. The average Bonchev–Trinajstić information content (AvgIpc) is 2.73. The van der Waals surface area contributed by atoms with Crippen molar-refractivity contribution in [3.63, 3.8) is 0 Å². The van der Waals surface area contributed by atoms with Crippen molar-refractivity contribution in [3.05, 3.63) is 35.7 Å². The van der Waals surface area contributed by atoms with Gasteiger partial charge in [0.1, 0.15) is 11.5 Å². The van der Waals surface area contributed by atoms with Crippen LogP contribution in [0.15, 0.2) is 29.3 Å². The van der Waals surface area contributed by atoms with Crippen molar-refractivity contribution in [1.82, 2.24) is 15.3 Å². The smallest absolute Gasteiger partial charge is 0.229 e. The van der Waals surface area contributed by atoms with Crippen molar-refractivity contribution in [3.8, 4) is 11.5 Å². The van der Waals surface area contributed by atoms with E-state index in [0.717, 1.165) is 24.2 Å². The van der Waals surface area contributed by atoms with Gasteiger partial charge in [0, 0.05) is 17.5 Å². The molecular weight excluding hydrogens is 412 g/mol. The minimum Gasteiger partial charge on any atom is -0.497 e. The molecule has 1 aromatic carbocycles. The number of ether oxygens (including phenoxy) is 2. The maximum atomic E-state index is 5.55. The second kappa shape index (κ2) is 10.9. The maximum Gasteiger partial charge on any atom is 0.229 e. The van der Waals surface area contributed by atoms with Crippen LogP contribution in [-0.4, -0.2) is 41.3 Å². The van der Waals surface area contributed by atoms with E-state index in [1.165, 1.54) is 19.3 Å². The number of nitrogens with zero attached hydrogens (tertiary/aromatic N) is 3. The highest BCUT2D eigenvalue weighted by molar-refractivity contribution is 7.80. The predicted molar refractivity (Wildman–Crippen MR) is 128 cm³/mol. The summed E-state index contributed by atoms with van der Waals surface area (Å²) in [7, 11) is 3.23. The van der Waals surface area contributed by atoms with Crippen LogP contribution in [0.2, 0.25) is 0 Å². The minimum atomic E-state index is 0.240. The molecule has 0 bridgehead atoms. The van der Waals surface area contributed by atoms with Gasteiger partial charge in [-0.3, -0.25) is 5.32 Å². The average molecular weight is 443 g/mol. The summed E-state index contributed by atoms with van der Waals surface area (Å²) < 4.78 is 10.7. The molecule has 1 fully saturated rings. The molecule has 2 aromatic rings. The molecule has 0 spiro atoms. The molecule has 1 heterocycles. The highest BCUT2D eigenvalue weighted by atomic mass is 32.1. The summed E-state index contributed by atoms with van der Waals surface area (Å²) in [6.07, 6.45) is 5.75. The molecule has 3 rings (SSSR count). The first kappa shape index (κ1) is 22.7. The summed E-state index contributed by atoms with van der Waals surface area (Å²) in [5.41, 5.74) is 2.46. The van der Waals surface area contributed by atoms with E-state index < -0.39 is 0 Å². The topological polar surface area (TPSA) is 92.7 Å². The number of benzene rings is 1. The Morgan fingerprint density at radius 3 is 2.35 bits per heavy atom. The summed E-state index contributed by atoms with van der Waals surface area (Å²) in [4.78, 5) is 13.8. The standard InChI is InChI=1S/C22H30N6O2S/c1-14-12-15(2)24-20(23-14)27-21(25-16-8-6-5-7-9-16)28-22(31)26-18-13-17(29-3)10-11-19(18)30-4/h10-13,16H,5-9H2,1-4H3,(H3,23,24,25,26,27,28,31). The largest absolute Gasteiger partial charge is 0.497 e. The molecule has 8 nitrogen and oxygen atoms in total. The summed E-state index contributed by atoms with van der Waals surface area (Å²) >= 11 is 5.55. The van der Waals surface area contributed by atoms with E-state index in [1.54, 1.807) is 14.2 Å². The number of aryl methyl sites for hydroxylation is 2. The molecule has 3 N–H and O–H groups in total. The Balaban J connectivity index is 1.79. The monoisotopic (exact) mass is 442 g/mol. The van der Waals surface area contributed by atoms with Crippen LogP contribution in [0.1, 0.15) is 43.5 Å². The van der Waals surface area contributed by atoms with Gasteiger partial charge in [-0.2, -0.15) is 0 Å². The van der Waals surface area contributed by atoms with Gasteiger partial charge in [0.25, 0.3) is 0 Å². The molecule has 0 unspecified atom stereocenters. The van der Waals surface area contributed by atoms with Crippen LogP contribution in [0.25, 0.3) is 0 Å². The molecule has 0 amide bonds. The molecule has 9 heteroatoms. The van der Waals surface area contributed by atoms with E-state index in [4.69, 9.17) is 26.7 Å². The van der Waals surface area contributed by atoms with Gasteiger partial charge < -0.3 is 20.1 Å². The van der Waals surface area contributed by atoms with Crippen LogP contribution in [0.3, 0.4) is 0 Å². The normalized spacial score (nSPS) is 14.6. The maximum absolute atomic E-state index is 5.55. The Kier molecular flexibility index (Phi) is 8.00. The van der Waals surface area contributed by atoms with Crippen LogP contribution in [-0.2, 0) is 0 Å². The molecule has 0 atom stereocenters. The molecule has 1 aromatic heterocycles. The van der Waals surface area contributed by atoms with E-state index in [0.29, 0.717) is 34.2 Å². The van der Waals surface area contributed by atoms with Crippen LogP contribution in [0, 0.1) is 13.8 Å². The second-order valence-corrected chi connectivity index (χ2v) is 7.92. The number of aliphatic imine (C=N–C) groups is 1. The molecule has 31 heavy (non-hydrogen) atoms. The minimum absolute atomic E-state index is 0.240. The highest BCUT2D eigenvalue weighted by Crippen LogP contribution is 2.28. The lowest BCUT2D eigenvalue weighted by Gasteiger charge is -2.21. The second-order valence-electron chi connectivity index (χ2n) is 7.51. The first-order chi connectivity index (χ1) is 15.0. The number of aromatic nitrogens is 2. The zero-order valence-corrected chi connectivity index (χ0v) is 19.3. The number of guanidine groups is 1. The Morgan fingerprint density at radius 2 is 1.71 bits per heavy atom. The summed E-state index contributed by atoms with van der Waals surface area (Å²) in [5, 5.41) is 9.92. The van der Waals surface area contributed by atoms with E-state index in [9.17, 15) is 0 Å². The summed E-state index contributed by atoms with van der Waals surface area (Å²) in [6.45, 7) is 3.87. The number of hydrogen-bond donors (Lipinski definition) is 3. The van der Waals surface area contributed by atoms with Gasteiger partial charge in [-0.1, -0.05) is 19.3 Å². The van der Waals surface area contributed by atoms with Crippen molar-refractivity contribution in [1.29, 1.82) is 0 Å². The van der Waals surface area contributed by atoms with E-state index >= 15 is 0 Å². The molecule has 1 aliphatic rings. The fraction of sp³-hybridized carbons (Fsp3) is 0.455. The first-order valence-electron chi connectivity index (χ1n) is 10.4. The van der Waals surface area contributed by atoms with Crippen molar-refractivity contribution >= 4 is 34.9 Å². The molecule has 0 saturated heterocycles. The van der Waals surface area contributed by atoms with Gasteiger partial charge in [0.05, 0.1) is 25.9 Å². The first-order valence-corrected chi connectivity index (χ1v) is 10.8. The molecule has 1 aliphatic carbocycles. The fourth-order valence-corrected chi connectivity index (χ4v) is 3.76. The third-order valence-electron chi connectivity index (χ3n) is 4.99. The number of nitrogens with one attached hydrogen (secondary N) is 3. The zero-order valence-electron chi connectivity index (χ0n) is 18.5. The van der Waals surface area contributed by atoms with Gasteiger partial charge in [-0.25, -0.2) is 15.0 Å². The van der Waals surface area contributed by atoms with Gasteiger partial charge in [0.2, 0.25) is 11.9 Å². The molecule has 1 saturated carbocycles. The lowest BCUT2D eigenvalue weighted by molar-refractivity contribution is 0.405. The lowest BCUT2D eigenvalue weighted by atomic mass is 9.96. The SMILES string of the molecule is COc1ccc(OC)c(NC(=S)NC(=NC2CCCCC2)Nc2nc(C)cc(C)n2)c1. The van der Waals surface area contributed by atoms with Gasteiger partial charge in [-0.05, 0) is 57.1 Å². The van der Waals surface area contributed by atoms with Crippen molar-refractivity contribution < 1.29 is 9.47 Å². The van der Waals surface area contributed by atoms with Crippen molar-refractivity contribution in [2.45, 2.75) is 52.0 Å². The molecule has 0 radical (unpaired) electrons. The quantitative estimate of drug-likeness (QED) is 0.360. The number of thiocarbonyl (C=S) groups is 1. The van der Waals surface area contributed by atoms with Gasteiger partial charge >= 0.3 is 0 Å². The highest BCUT2D eigenvalue weighted by Gasteiger charge is 2.16. The van der Waals surface area contributed by atoms with E-state index in [2.05, 4.69) is 25.9 Å². The Bertz CT molecular complexity index is 923. The van der Waals surface area contributed by atoms with E-state index in [-0.39, 0.29) is 6.04 Å². The number of methoxy groups -OCH3 is 2. The summed E-state index contributed by atoms with van der Waals surface area (Å²) in [5.74, 6) is 2.36. The van der Waals surface area contributed by atoms with Gasteiger partial charge in [-0.15, -0.1) is 0 Å². The van der Waals surface area contributed by atoms with Crippen LogP contribution in [0.5, 0.6) is 11.5 Å². The summed E-state index contributed by atoms with van der Waals surface area (Å²) in [6, 6.07) is 7.64. The molecule has 0 aliphatic heterocycles. The van der Waals surface area contributed by atoms with Crippen molar-refractivity contribution in [2.75, 3.05) is 24.9 Å². The number of rotatable bonds is 5. The Morgan fingerprint density at radius 1 is 1.00 bits per heavy atom. The third-order valence-corrected chi connectivity index (χ3v) is 5.19. The fourth-order valence-electron chi connectivity index (χ4n) is 3.55. The lowest BCUT2D eigenvalue weighted by Crippen LogP contribution is -2.40. The number of hydrogen-bond acceptors (Lipinski definition) is 6. The third kappa shape index (κ3) is 6.78. The Labute approximate surface area is 188 Å². The molecule has 166 valence electrons. The molecular formula is C22H30N6O2S. The number of anilines is 2. The van der Waals surface area contributed by atoms with Crippen LogP contribution in [0.4, 0.5) is 11.6 Å². The van der Waals surface area contributed by atoms with E-state index in [1.807, 2.05) is 38.1 Å². The van der Waals surface area contributed by atoms with Crippen LogP contribution >= 0.6 is 12.2 Å².